The van der Waals surface area contributed by atoms with E-state index in [1.165, 1.54) is 16.7 Å². The summed E-state index contributed by atoms with van der Waals surface area (Å²) < 4.78 is 12.0. The van der Waals surface area contributed by atoms with Crippen LogP contribution in [0.15, 0.2) is 96.1 Å². The van der Waals surface area contributed by atoms with E-state index in [0.29, 0.717) is 30.3 Å². The van der Waals surface area contributed by atoms with Gasteiger partial charge in [-0.15, -0.1) is 0 Å². The van der Waals surface area contributed by atoms with E-state index in [4.69, 9.17) is 9.47 Å². The molecule has 0 aliphatic heterocycles. The molecule has 216 valence electrons. The van der Waals surface area contributed by atoms with Gasteiger partial charge in [0.25, 0.3) is 5.91 Å². The van der Waals surface area contributed by atoms with Crippen molar-refractivity contribution >= 4 is 18.0 Å². The molecule has 4 aromatic rings. The van der Waals surface area contributed by atoms with Gasteiger partial charge in [0.15, 0.2) is 11.5 Å². The highest BCUT2D eigenvalue weighted by Crippen LogP contribution is 2.30. The molecule has 0 unspecified atom stereocenters. The number of nitrogens with one attached hydrogen (secondary N) is 2. The van der Waals surface area contributed by atoms with E-state index in [0.717, 1.165) is 16.7 Å². The summed E-state index contributed by atoms with van der Waals surface area (Å²) in [6.07, 6.45) is 1.58. The molecule has 0 heterocycles. The van der Waals surface area contributed by atoms with Crippen LogP contribution in [-0.2, 0) is 11.4 Å². The summed E-state index contributed by atoms with van der Waals surface area (Å²) >= 11 is 0. The SMILES string of the molecule is CCOc1cc(/C=N\NC(=O)C[C@H](NC(=O)c2ccccc2)c2ccccc2)ccc1OCc1c(C)cc(C)cc1C. The minimum absolute atomic E-state index is 0.0226. The summed E-state index contributed by atoms with van der Waals surface area (Å²) in [7, 11) is 0. The van der Waals surface area contributed by atoms with Crippen molar-refractivity contribution in [2.75, 3.05) is 6.61 Å². The van der Waals surface area contributed by atoms with E-state index in [-0.39, 0.29) is 18.2 Å². The van der Waals surface area contributed by atoms with E-state index >= 15 is 0 Å². The second kappa shape index (κ2) is 14.6. The predicted octanol–water partition coefficient (Wildman–Crippen LogP) is 6.60. The van der Waals surface area contributed by atoms with Crippen molar-refractivity contribution in [1.29, 1.82) is 0 Å². The lowest BCUT2D eigenvalue weighted by molar-refractivity contribution is -0.121. The first-order valence-corrected chi connectivity index (χ1v) is 14.0. The van der Waals surface area contributed by atoms with Gasteiger partial charge in [0.1, 0.15) is 6.61 Å². The van der Waals surface area contributed by atoms with Crippen molar-refractivity contribution in [3.05, 3.63) is 130 Å². The molecule has 1 atom stereocenters. The van der Waals surface area contributed by atoms with Gasteiger partial charge in [-0.05, 0) is 85.8 Å². The Bertz CT molecular complexity index is 1510. The number of nitrogens with zero attached hydrogens (tertiary/aromatic N) is 1. The number of hydrogen-bond donors (Lipinski definition) is 2. The Morgan fingerprint density at radius 3 is 2.17 bits per heavy atom. The van der Waals surface area contributed by atoms with Crippen LogP contribution in [-0.4, -0.2) is 24.6 Å². The van der Waals surface area contributed by atoms with Crippen LogP contribution in [0.4, 0.5) is 0 Å². The Morgan fingerprint density at radius 2 is 1.50 bits per heavy atom. The lowest BCUT2D eigenvalue weighted by atomic mass is 10.0. The molecule has 0 aliphatic rings. The smallest absolute Gasteiger partial charge is 0.251 e. The lowest BCUT2D eigenvalue weighted by Gasteiger charge is -2.18. The molecule has 7 nitrogen and oxygen atoms in total. The normalized spacial score (nSPS) is 11.6. The van der Waals surface area contributed by atoms with Crippen molar-refractivity contribution in [3.8, 4) is 11.5 Å². The largest absolute Gasteiger partial charge is 0.490 e. The van der Waals surface area contributed by atoms with Crippen LogP contribution in [0.25, 0.3) is 0 Å². The zero-order chi connectivity index (χ0) is 29.9. The highest BCUT2D eigenvalue weighted by atomic mass is 16.5. The minimum atomic E-state index is -0.518. The van der Waals surface area contributed by atoms with Crippen LogP contribution in [0.1, 0.15) is 63.1 Å². The lowest BCUT2D eigenvalue weighted by Crippen LogP contribution is -2.32. The molecule has 0 bridgehead atoms. The van der Waals surface area contributed by atoms with Crippen LogP contribution >= 0.6 is 0 Å². The molecule has 42 heavy (non-hydrogen) atoms. The quantitative estimate of drug-likeness (QED) is 0.150. The summed E-state index contributed by atoms with van der Waals surface area (Å²) in [6, 6.07) is 27.6. The van der Waals surface area contributed by atoms with Crippen molar-refractivity contribution < 1.29 is 19.1 Å². The molecule has 0 saturated carbocycles. The molecule has 2 amide bonds. The van der Waals surface area contributed by atoms with E-state index in [2.05, 4.69) is 48.7 Å². The minimum Gasteiger partial charge on any atom is -0.490 e. The average molecular weight is 564 g/mol. The molecular weight excluding hydrogens is 526 g/mol. The molecule has 0 aliphatic carbocycles. The molecule has 0 spiro atoms. The number of hydrogen-bond acceptors (Lipinski definition) is 5. The number of carbonyl (C=O) groups excluding carboxylic acids is 2. The Labute approximate surface area is 247 Å². The molecule has 0 radical (unpaired) electrons. The van der Waals surface area contributed by atoms with Crippen molar-refractivity contribution in [2.45, 2.75) is 46.8 Å². The third-order valence-corrected chi connectivity index (χ3v) is 6.82. The highest BCUT2D eigenvalue weighted by Gasteiger charge is 2.19. The maximum absolute atomic E-state index is 12.8. The number of benzene rings is 4. The first-order chi connectivity index (χ1) is 20.3. The van der Waals surface area contributed by atoms with Crippen molar-refractivity contribution in [3.63, 3.8) is 0 Å². The van der Waals surface area contributed by atoms with E-state index < -0.39 is 6.04 Å². The Kier molecular flexibility index (Phi) is 10.5. The van der Waals surface area contributed by atoms with E-state index in [1.54, 1.807) is 30.5 Å². The second-order valence-corrected chi connectivity index (χ2v) is 10.1. The van der Waals surface area contributed by atoms with Crippen LogP contribution < -0.4 is 20.2 Å². The molecule has 0 saturated heterocycles. The summed E-state index contributed by atoms with van der Waals surface area (Å²) in [6.45, 7) is 9.10. The van der Waals surface area contributed by atoms with Gasteiger partial charge >= 0.3 is 0 Å². The predicted molar refractivity (Wildman–Crippen MR) is 166 cm³/mol. The second-order valence-electron chi connectivity index (χ2n) is 10.1. The zero-order valence-corrected chi connectivity index (χ0v) is 24.5. The van der Waals surface area contributed by atoms with Gasteiger partial charge in [-0.25, -0.2) is 5.43 Å². The van der Waals surface area contributed by atoms with Crippen LogP contribution in [0.3, 0.4) is 0 Å². The third kappa shape index (κ3) is 8.30. The number of rotatable bonds is 12. The topological polar surface area (TPSA) is 89.0 Å². The van der Waals surface area contributed by atoms with Crippen LogP contribution in [0.2, 0.25) is 0 Å². The summed E-state index contributed by atoms with van der Waals surface area (Å²) in [5.41, 5.74) is 9.45. The first kappa shape index (κ1) is 30.1. The van der Waals surface area contributed by atoms with Crippen molar-refractivity contribution in [2.24, 2.45) is 5.10 Å². The number of amides is 2. The molecule has 2 N–H and O–H groups in total. The molecule has 0 fully saturated rings. The van der Waals surface area contributed by atoms with E-state index in [9.17, 15) is 9.59 Å². The number of carbonyl (C=O) groups is 2. The first-order valence-electron chi connectivity index (χ1n) is 14.0. The Balaban J connectivity index is 1.40. The molecule has 0 aromatic heterocycles. The average Bonchev–Trinajstić information content (AvgIpc) is 2.98. The van der Waals surface area contributed by atoms with Gasteiger partial charge in [-0.1, -0.05) is 66.2 Å². The zero-order valence-electron chi connectivity index (χ0n) is 24.5. The number of ether oxygens (including phenoxy) is 2. The Hall–Kier alpha value is -4.91. The standard InChI is InChI=1S/C35H37N3O4/c1-5-41-33-20-27(16-17-32(33)42-23-30-25(3)18-24(2)19-26(30)4)22-36-38-34(39)21-31(28-12-8-6-9-13-28)37-35(40)29-14-10-7-11-15-29/h6-20,22,31H,5,21,23H2,1-4H3,(H,37,40)(H,38,39)/b36-22-/t31-/m0/s1. The fourth-order valence-electron chi connectivity index (χ4n) is 4.76. The van der Waals surface area contributed by atoms with Gasteiger partial charge < -0.3 is 14.8 Å². The highest BCUT2D eigenvalue weighted by molar-refractivity contribution is 5.94. The molecule has 4 rings (SSSR count). The van der Waals surface area contributed by atoms with Crippen molar-refractivity contribution in [1.82, 2.24) is 10.7 Å². The molecule has 4 aromatic carbocycles. The van der Waals surface area contributed by atoms with E-state index in [1.807, 2.05) is 61.5 Å². The maximum Gasteiger partial charge on any atom is 0.251 e. The van der Waals surface area contributed by atoms with Gasteiger partial charge in [0.2, 0.25) is 5.91 Å². The van der Waals surface area contributed by atoms with Crippen LogP contribution in [0.5, 0.6) is 11.5 Å². The van der Waals surface area contributed by atoms with Gasteiger partial charge in [-0.2, -0.15) is 5.10 Å². The molecule has 7 heteroatoms. The fraction of sp³-hybridized carbons (Fsp3) is 0.229. The maximum atomic E-state index is 12.8. The Morgan fingerprint density at radius 1 is 0.833 bits per heavy atom. The fourth-order valence-corrected chi connectivity index (χ4v) is 4.76. The van der Waals surface area contributed by atoms with Gasteiger partial charge in [0.05, 0.1) is 25.3 Å². The number of aryl methyl sites for hydroxylation is 3. The summed E-state index contributed by atoms with van der Waals surface area (Å²) in [4.78, 5) is 25.6. The van der Waals surface area contributed by atoms with Gasteiger partial charge in [0, 0.05) is 5.56 Å². The third-order valence-electron chi connectivity index (χ3n) is 6.82. The number of hydrazone groups is 1. The monoisotopic (exact) mass is 563 g/mol. The summed E-state index contributed by atoms with van der Waals surface area (Å²) in [5.74, 6) is 0.654. The molecular formula is C35H37N3O4. The van der Waals surface area contributed by atoms with Gasteiger partial charge in [-0.3, -0.25) is 9.59 Å². The van der Waals surface area contributed by atoms with Crippen LogP contribution in [0, 0.1) is 20.8 Å². The summed E-state index contributed by atoms with van der Waals surface area (Å²) in [5, 5.41) is 7.12.